The summed E-state index contributed by atoms with van der Waals surface area (Å²) in [7, 11) is 0. The molecular weight excluding hydrogens is 428 g/mol. The number of hydrogen-bond acceptors (Lipinski definition) is 3. The summed E-state index contributed by atoms with van der Waals surface area (Å²) in [6, 6.07) is 16.8. The molecule has 2 heterocycles. The van der Waals surface area contributed by atoms with Crippen molar-refractivity contribution in [2.24, 2.45) is 5.92 Å². The van der Waals surface area contributed by atoms with Crippen LogP contribution in [0.4, 0.5) is 0 Å². The molecule has 2 aliphatic heterocycles. The highest BCUT2D eigenvalue weighted by molar-refractivity contribution is 9.10. The molecule has 0 aliphatic carbocycles. The van der Waals surface area contributed by atoms with Crippen LogP contribution in [-0.2, 0) is 21.5 Å². The zero-order chi connectivity index (χ0) is 20.4. The van der Waals surface area contributed by atoms with E-state index in [0.717, 1.165) is 48.1 Å². The number of hydrogen-bond donors (Lipinski definition) is 1. The summed E-state index contributed by atoms with van der Waals surface area (Å²) < 4.78 is 1.10. The molecule has 0 aromatic heterocycles. The number of halogens is 1. The molecule has 152 valence electrons. The van der Waals surface area contributed by atoms with Crippen LogP contribution in [0.3, 0.4) is 0 Å². The smallest absolute Gasteiger partial charge is 0.237 e. The Morgan fingerprint density at radius 2 is 1.83 bits per heavy atom. The van der Waals surface area contributed by atoms with Crippen molar-refractivity contribution in [2.75, 3.05) is 13.1 Å². The van der Waals surface area contributed by atoms with Crippen LogP contribution in [0, 0.1) is 12.8 Å². The number of piperidine rings is 2. The van der Waals surface area contributed by atoms with Crippen molar-refractivity contribution in [3.8, 4) is 0 Å². The summed E-state index contributed by atoms with van der Waals surface area (Å²) in [4.78, 5) is 27.5. The van der Waals surface area contributed by atoms with E-state index in [1.165, 1.54) is 5.56 Å². The third kappa shape index (κ3) is 4.17. The molecule has 0 bridgehead atoms. The first kappa shape index (κ1) is 20.3. The number of carbonyl (C=O) groups is 2. The van der Waals surface area contributed by atoms with Gasteiger partial charge in [0.1, 0.15) is 0 Å². The van der Waals surface area contributed by atoms with Gasteiger partial charge < -0.3 is 0 Å². The van der Waals surface area contributed by atoms with E-state index in [1.54, 1.807) is 0 Å². The number of rotatable bonds is 4. The number of imide groups is 1. The zero-order valence-electron chi connectivity index (χ0n) is 16.8. The SMILES string of the molecule is Cc1cccc(C2(C3CCN(Cc4ccc(Br)cc4)CC3)CCC(=O)NC2=O)c1. The van der Waals surface area contributed by atoms with E-state index in [2.05, 4.69) is 75.5 Å². The van der Waals surface area contributed by atoms with Crippen molar-refractivity contribution in [3.63, 3.8) is 0 Å². The van der Waals surface area contributed by atoms with Crippen molar-refractivity contribution in [3.05, 3.63) is 69.7 Å². The van der Waals surface area contributed by atoms with E-state index >= 15 is 0 Å². The number of aryl methyl sites for hydroxylation is 1. The van der Waals surface area contributed by atoms with Gasteiger partial charge in [-0.3, -0.25) is 19.8 Å². The summed E-state index contributed by atoms with van der Waals surface area (Å²) in [5.74, 6) is -0.00442. The minimum absolute atomic E-state index is 0.106. The highest BCUT2D eigenvalue weighted by atomic mass is 79.9. The fourth-order valence-electron chi connectivity index (χ4n) is 4.98. The van der Waals surface area contributed by atoms with Gasteiger partial charge in [0, 0.05) is 17.4 Å². The predicted molar refractivity (Wildman–Crippen MR) is 117 cm³/mol. The highest BCUT2D eigenvalue weighted by Gasteiger charge is 2.50. The van der Waals surface area contributed by atoms with Gasteiger partial charge in [0.05, 0.1) is 5.41 Å². The molecule has 4 rings (SSSR count). The van der Waals surface area contributed by atoms with Crippen LogP contribution < -0.4 is 5.32 Å². The molecule has 2 amide bonds. The van der Waals surface area contributed by atoms with Crippen LogP contribution in [0.15, 0.2) is 53.0 Å². The van der Waals surface area contributed by atoms with Crippen molar-refractivity contribution >= 4 is 27.7 Å². The predicted octanol–water partition coefficient (Wildman–Crippen LogP) is 4.34. The Bertz CT molecular complexity index is 903. The lowest BCUT2D eigenvalue weighted by atomic mass is 9.62. The van der Waals surface area contributed by atoms with E-state index in [1.807, 2.05) is 6.07 Å². The van der Waals surface area contributed by atoms with E-state index in [0.29, 0.717) is 12.8 Å². The molecule has 2 aliphatic rings. The Kier molecular flexibility index (Phi) is 5.88. The molecule has 2 fully saturated rings. The van der Waals surface area contributed by atoms with Crippen LogP contribution in [0.25, 0.3) is 0 Å². The normalized spacial score (nSPS) is 23.8. The van der Waals surface area contributed by atoms with E-state index in [4.69, 9.17) is 0 Å². The van der Waals surface area contributed by atoms with Crippen LogP contribution in [-0.4, -0.2) is 29.8 Å². The summed E-state index contributed by atoms with van der Waals surface area (Å²) >= 11 is 3.49. The number of amides is 2. The standard InChI is InChI=1S/C24H27BrN2O2/c1-17-3-2-4-20(15-17)24(12-9-22(28)26-23(24)29)19-10-13-27(14-11-19)16-18-5-7-21(25)8-6-18/h2-8,15,19H,9-14,16H2,1H3,(H,26,28,29). The van der Waals surface area contributed by atoms with Gasteiger partial charge in [-0.25, -0.2) is 0 Å². The minimum Gasteiger partial charge on any atom is -0.299 e. The fourth-order valence-corrected chi connectivity index (χ4v) is 5.24. The molecule has 5 heteroatoms. The number of nitrogens with one attached hydrogen (secondary N) is 1. The van der Waals surface area contributed by atoms with E-state index in [9.17, 15) is 9.59 Å². The van der Waals surface area contributed by atoms with Gasteiger partial charge in [-0.05, 0) is 68.5 Å². The van der Waals surface area contributed by atoms with Crippen LogP contribution in [0.5, 0.6) is 0 Å². The van der Waals surface area contributed by atoms with E-state index < -0.39 is 5.41 Å². The number of benzene rings is 2. The monoisotopic (exact) mass is 454 g/mol. The van der Waals surface area contributed by atoms with Crippen molar-refractivity contribution in [1.29, 1.82) is 0 Å². The average molecular weight is 455 g/mol. The first-order valence-corrected chi connectivity index (χ1v) is 11.1. The third-order valence-electron chi connectivity index (χ3n) is 6.54. The van der Waals surface area contributed by atoms with Gasteiger partial charge >= 0.3 is 0 Å². The molecule has 4 nitrogen and oxygen atoms in total. The van der Waals surface area contributed by atoms with Crippen LogP contribution >= 0.6 is 15.9 Å². The first-order chi connectivity index (χ1) is 14.0. The van der Waals surface area contributed by atoms with Gasteiger partial charge in [-0.2, -0.15) is 0 Å². The second-order valence-electron chi connectivity index (χ2n) is 8.40. The average Bonchev–Trinajstić information content (AvgIpc) is 2.71. The minimum atomic E-state index is -0.594. The summed E-state index contributed by atoms with van der Waals surface area (Å²) in [5, 5.41) is 2.65. The molecular formula is C24H27BrN2O2. The molecule has 0 spiro atoms. The topological polar surface area (TPSA) is 49.4 Å². The molecule has 1 unspecified atom stereocenters. The number of likely N-dealkylation sites (tertiary alicyclic amines) is 1. The largest absolute Gasteiger partial charge is 0.299 e. The third-order valence-corrected chi connectivity index (χ3v) is 7.07. The van der Waals surface area contributed by atoms with Gasteiger partial charge in [0.15, 0.2) is 0 Å². The summed E-state index contributed by atoms with van der Waals surface area (Å²) in [6.07, 6.45) is 2.95. The van der Waals surface area contributed by atoms with Crippen molar-refractivity contribution in [2.45, 2.75) is 44.6 Å². The lowest BCUT2D eigenvalue weighted by Gasteiger charge is -2.45. The Labute approximate surface area is 180 Å². The maximum atomic E-state index is 13.2. The molecule has 2 saturated heterocycles. The van der Waals surface area contributed by atoms with Crippen molar-refractivity contribution in [1.82, 2.24) is 10.2 Å². The molecule has 2 aromatic carbocycles. The zero-order valence-corrected chi connectivity index (χ0v) is 18.4. The quantitative estimate of drug-likeness (QED) is 0.698. The second-order valence-corrected chi connectivity index (χ2v) is 9.31. The van der Waals surface area contributed by atoms with Crippen molar-refractivity contribution < 1.29 is 9.59 Å². The molecule has 0 radical (unpaired) electrons. The highest BCUT2D eigenvalue weighted by Crippen LogP contribution is 2.44. The second kappa shape index (κ2) is 8.41. The maximum Gasteiger partial charge on any atom is 0.237 e. The van der Waals surface area contributed by atoms with Gasteiger partial charge in [0.2, 0.25) is 11.8 Å². The fraction of sp³-hybridized carbons (Fsp3) is 0.417. The lowest BCUT2D eigenvalue weighted by Crippen LogP contribution is -2.57. The number of carbonyl (C=O) groups excluding carboxylic acids is 2. The summed E-state index contributed by atoms with van der Waals surface area (Å²) in [6.45, 7) is 4.93. The Balaban J connectivity index is 1.53. The van der Waals surface area contributed by atoms with Gasteiger partial charge in [-0.1, -0.05) is 57.9 Å². The first-order valence-electron chi connectivity index (χ1n) is 10.4. The van der Waals surface area contributed by atoms with E-state index in [-0.39, 0.29) is 17.7 Å². The molecule has 1 N–H and O–H groups in total. The Hall–Kier alpha value is -1.98. The van der Waals surface area contributed by atoms with Crippen LogP contribution in [0.2, 0.25) is 0 Å². The Morgan fingerprint density at radius 3 is 2.48 bits per heavy atom. The molecule has 0 saturated carbocycles. The maximum absolute atomic E-state index is 13.2. The van der Waals surface area contributed by atoms with Crippen LogP contribution in [0.1, 0.15) is 42.4 Å². The number of nitrogens with zero attached hydrogens (tertiary/aromatic N) is 1. The molecule has 2 aromatic rings. The molecule has 29 heavy (non-hydrogen) atoms. The molecule has 1 atom stereocenters. The van der Waals surface area contributed by atoms with Gasteiger partial charge in [-0.15, -0.1) is 0 Å². The lowest BCUT2D eigenvalue weighted by molar-refractivity contribution is -0.140. The van der Waals surface area contributed by atoms with Gasteiger partial charge in [0.25, 0.3) is 0 Å². The Morgan fingerprint density at radius 1 is 1.10 bits per heavy atom. The summed E-state index contributed by atoms with van der Waals surface area (Å²) in [5.41, 5.74) is 2.93.